The number of furan rings is 4. The molecular formula is C117H82N4O4. The molecule has 0 atom stereocenters. The highest BCUT2D eigenvalue weighted by Crippen LogP contribution is 2.57. The minimum atomic E-state index is -0.0822. The Morgan fingerprint density at radius 3 is 0.880 bits per heavy atom. The highest BCUT2D eigenvalue weighted by molar-refractivity contribution is 6.13. The van der Waals surface area contributed by atoms with Crippen LogP contribution < -0.4 is 0 Å². The number of para-hydroxylation sites is 6. The summed E-state index contributed by atoms with van der Waals surface area (Å²) in [5.74, 6) is 0. The van der Waals surface area contributed by atoms with Gasteiger partial charge in [0.15, 0.2) is 0 Å². The lowest BCUT2D eigenvalue weighted by atomic mass is 9.73. The topological polar surface area (TPSA) is 88.2 Å². The van der Waals surface area contributed by atoms with E-state index in [-0.39, 0.29) is 16.2 Å². The van der Waals surface area contributed by atoms with E-state index in [0.29, 0.717) is 0 Å². The molecule has 8 nitrogen and oxygen atoms in total. The minimum absolute atomic E-state index is 0.00747. The molecule has 594 valence electrons. The van der Waals surface area contributed by atoms with Gasteiger partial charge in [0.05, 0.1) is 22.1 Å². The minimum Gasteiger partial charge on any atom is -0.456 e. The number of fused-ring (bicyclic) bond motifs is 27. The molecule has 0 saturated heterocycles. The number of pyridine rings is 2. The van der Waals surface area contributed by atoms with Crippen molar-refractivity contribution in [2.45, 2.75) is 70.6 Å². The van der Waals surface area contributed by atoms with E-state index in [4.69, 9.17) is 17.7 Å². The molecule has 0 fully saturated rings. The zero-order chi connectivity index (χ0) is 83.3. The fourth-order valence-corrected chi connectivity index (χ4v) is 21.8. The van der Waals surface area contributed by atoms with Gasteiger partial charge in [0.25, 0.3) is 0 Å². The van der Waals surface area contributed by atoms with Gasteiger partial charge in [0.2, 0.25) is 0 Å². The molecule has 27 rings (SSSR count). The zero-order valence-electron chi connectivity index (χ0n) is 70.0. The first kappa shape index (κ1) is 72.4. The lowest BCUT2D eigenvalue weighted by Crippen LogP contribution is -2.23. The molecule has 0 unspecified atom stereocenters. The molecule has 0 bridgehead atoms. The predicted molar refractivity (Wildman–Crippen MR) is 516 cm³/mol. The summed E-state index contributed by atoms with van der Waals surface area (Å²) in [6.45, 7) is 14.0. The van der Waals surface area contributed by atoms with Crippen LogP contribution in [0.3, 0.4) is 0 Å². The highest BCUT2D eigenvalue weighted by Gasteiger charge is 2.42. The third-order valence-electron chi connectivity index (χ3n) is 28.2. The van der Waals surface area contributed by atoms with Crippen LogP contribution in [-0.4, -0.2) is 19.1 Å². The predicted octanol–water partition coefficient (Wildman–Crippen LogP) is 32.0. The van der Waals surface area contributed by atoms with Gasteiger partial charge in [0.1, 0.15) is 44.7 Å². The molecule has 3 aliphatic rings. The maximum Gasteiger partial charge on any atom is 0.135 e. The van der Waals surface area contributed by atoms with Crippen molar-refractivity contribution in [3.05, 3.63) is 398 Å². The molecule has 8 heterocycles. The molecule has 8 aromatic heterocycles. The molecule has 8 heteroatoms. The quantitative estimate of drug-likeness (QED) is 0.151. The van der Waals surface area contributed by atoms with Crippen molar-refractivity contribution in [3.8, 4) is 89.3 Å². The Morgan fingerprint density at radius 2 is 0.504 bits per heavy atom. The van der Waals surface area contributed by atoms with E-state index >= 15 is 0 Å². The van der Waals surface area contributed by atoms with Crippen LogP contribution in [-0.2, 0) is 16.2 Å². The summed E-state index contributed by atoms with van der Waals surface area (Å²) in [7, 11) is 0. The van der Waals surface area contributed by atoms with Gasteiger partial charge in [-0.2, -0.15) is 0 Å². The summed E-state index contributed by atoms with van der Waals surface area (Å²) in [5, 5.41) is 14.1. The van der Waals surface area contributed by atoms with Gasteiger partial charge in [0, 0.05) is 117 Å². The summed E-state index contributed by atoms with van der Waals surface area (Å²) in [6.07, 6.45) is 9.73. The van der Waals surface area contributed by atoms with Crippen LogP contribution in [0.5, 0.6) is 0 Å². The smallest absolute Gasteiger partial charge is 0.135 e. The number of hydrogen-bond acceptors (Lipinski definition) is 6. The second-order valence-electron chi connectivity index (χ2n) is 35.3. The number of rotatable bonds is 8. The second kappa shape index (κ2) is 27.3. The van der Waals surface area contributed by atoms with Crippen LogP contribution in [0.1, 0.15) is 87.8 Å². The van der Waals surface area contributed by atoms with Crippen LogP contribution in [0, 0.1) is 0 Å². The van der Waals surface area contributed by atoms with Crippen LogP contribution >= 0.6 is 0 Å². The molecule has 3 aliphatic carbocycles. The third-order valence-corrected chi connectivity index (χ3v) is 28.2. The first-order valence-corrected chi connectivity index (χ1v) is 43.5. The fraction of sp³-hybridized carbons (Fsp3) is 0.0940. The molecular weight excluding hydrogens is 1530 g/mol. The Morgan fingerprint density at radius 1 is 0.224 bits per heavy atom. The molecule has 0 N–H and O–H groups in total. The SMILES string of the molecule is CC1(C)c2ccc(-c3ccc4oc5ccccc5c4c3)cc2-c2cc(-c3ccc4oc5ccccc5c4c3)ccc21.CC1(C)c2ccc(-c3ccc4oc5ccccc5c4c3)cc2-c2cc(-n3c4ccncc4c4cnccc43)ccc21.CCC1(CC)c2ccc(-n3c4ccccc4c4ccccc43)cc2-c2ccc(-c3ccc4oc5ccccc5c4c3)cc21. The lowest BCUT2D eigenvalue weighted by molar-refractivity contribution is 0.490. The third kappa shape index (κ3) is 10.9. The summed E-state index contributed by atoms with van der Waals surface area (Å²) >= 11 is 0. The van der Waals surface area contributed by atoms with E-state index in [0.717, 1.165) is 117 Å². The van der Waals surface area contributed by atoms with Gasteiger partial charge in [-0.25, -0.2) is 0 Å². The van der Waals surface area contributed by atoms with Crippen molar-refractivity contribution < 1.29 is 17.7 Å². The average molecular weight is 1610 g/mol. The van der Waals surface area contributed by atoms with Gasteiger partial charge in [-0.15, -0.1) is 0 Å². The standard InChI is InChI=1S/C41H31NO.C39H26O2.C37H25N3O/c1-3-41(4-2)35-21-19-28(42-37-14-8-5-11-30(37)31-12-6-9-15-38(31)42)25-33(35)29-20-17-27(24-36(29)41)26-18-22-40-34(23-26)32-13-7-10-16-39(32)43-40;1-39(2)33-15-11-23(25-13-17-37-31(21-25)27-7-3-5-9-35(27)40-37)19-29(33)30-20-24(12-16-34(30)39)26-14-18-38-32(22-26)28-8-4-6-10-36(28)41-38;1-37(2)31-10-7-22(23-8-12-36-28(18-23)25-5-3-4-6-35(25)41-36)17-26(31)27-19-24(9-11-32(27)37)40-33-13-15-38-20-29(33)30-21-39-16-14-34(30)40/h5-25H,3-4H2,1-2H3;3-22H,1-2H3;3-21H,1-2H3. The molecule has 0 amide bonds. The monoisotopic (exact) mass is 1610 g/mol. The van der Waals surface area contributed by atoms with E-state index in [1.54, 1.807) is 0 Å². The number of benzene rings is 16. The largest absolute Gasteiger partial charge is 0.456 e. The molecule has 0 saturated carbocycles. The van der Waals surface area contributed by atoms with Gasteiger partial charge in [-0.1, -0.05) is 236 Å². The maximum atomic E-state index is 6.12. The maximum absolute atomic E-state index is 6.12. The molecule has 0 spiro atoms. The number of nitrogens with zero attached hydrogens (tertiary/aromatic N) is 4. The first-order valence-electron chi connectivity index (χ1n) is 43.5. The van der Waals surface area contributed by atoms with Crippen molar-refractivity contribution in [2.75, 3.05) is 0 Å². The van der Waals surface area contributed by atoms with Crippen LogP contribution in [0.2, 0.25) is 0 Å². The number of aromatic nitrogens is 4. The first-order chi connectivity index (χ1) is 61.3. The molecule has 125 heavy (non-hydrogen) atoms. The molecule has 16 aromatic carbocycles. The Kier molecular flexibility index (Phi) is 15.8. The number of hydrogen-bond donors (Lipinski definition) is 0. The average Bonchev–Trinajstić information content (AvgIpc) is 1.56. The summed E-state index contributed by atoms with van der Waals surface area (Å²) in [4.78, 5) is 8.80. The van der Waals surface area contributed by atoms with E-state index in [1.807, 2.05) is 73.3 Å². The van der Waals surface area contributed by atoms with Crippen molar-refractivity contribution in [2.24, 2.45) is 0 Å². The van der Waals surface area contributed by atoms with Gasteiger partial charge < -0.3 is 26.8 Å². The van der Waals surface area contributed by atoms with E-state index in [9.17, 15) is 0 Å². The lowest BCUT2D eigenvalue weighted by Gasteiger charge is -2.30. The molecule has 0 radical (unpaired) electrons. The van der Waals surface area contributed by atoms with Crippen molar-refractivity contribution >= 4 is 131 Å². The summed E-state index contributed by atoms with van der Waals surface area (Å²) in [5.41, 5.74) is 40.4. The zero-order valence-corrected chi connectivity index (χ0v) is 70.0. The Bertz CT molecular complexity index is 8410. The second-order valence-corrected chi connectivity index (χ2v) is 35.3. The molecule has 24 aromatic rings. The van der Waals surface area contributed by atoms with Crippen LogP contribution in [0.15, 0.2) is 382 Å². The van der Waals surface area contributed by atoms with Crippen LogP contribution in [0.4, 0.5) is 0 Å². The summed E-state index contributed by atoms with van der Waals surface area (Å²) in [6, 6.07) is 123. The van der Waals surface area contributed by atoms with E-state index in [1.165, 1.54) is 150 Å². The van der Waals surface area contributed by atoms with Crippen molar-refractivity contribution in [1.29, 1.82) is 0 Å². The van der Waals surface area contributed by atoms with Gasteiger partial charge in [-0.05, 0) is 270 Å². The van der Waals surface area contributed by atoms with Crippen molar-refractivity contribution in [3.63, 3.8) is 0 Å². The van der Waals surface area contributed by atoms with Crippen molar-refractivity contribution in [1.82, 2.24) is 19.1 Å². The molecule has 0 aliphatic heterocycles. The Hall–Kier alpha value is -15.4. The van der Waals surface area contributed by atoms with E-state index in [2.05, 4.69) is 352 Å². The Balaban J connectivity index is 0.000000103. The fourth-order valence-electron chi connectivity index (χ4n) is 21.8. The van der Waals surface area contributed by atoms with E-state index < -0.39 is 0 Å². The highest BCUT2D eigenvalue weighted by atomic mass is 16.3. The normalized spacial score (nSPS) is 13.8. The van der Waals surface area contributed by atoms with Gasteiger partial charge in [-0.3, -0.25) is 9.97 Å². The van der Waals surface area contributed by atoms with Gasteiger partial charge >= 0.3 is 0 Å². The van der Waals surface area contributed by atoms with Crippen LogP contribution in [0.25, 0.3) is 221 Å². The summed E-state index contributed by atoms with van der Waals surface area (Å²) < 4.78 is 29.1. The Labute approximate surface area is 721 Å².